The van der Waals surface area contributed by atoms with E-state index < -0.39 is 0 Å². The van der Waals surface area contributed by atoms with Crippen LogP contribution >= 0.6 is 0 Å². The molecule has 1 aliphatic rings. The Kier molecular flexibility index (Phi) is 5.76. The summed E-state index contributed by atoms with van der Waals surface area (Å²) in [6.07, 6.45) is 0. The van der Waals surface area contributed by atoms with Gasteiger partial charge in [0.1, 0.15) is 5.69 Å². The molecule has 0 fully saturated rings. The lowest BCUT2D eigenvalue weighted by atomic mass is 9.81. The van der Waals surface area contributed by atoms with Crippen LogP contribution in [0.4, 0.5) is 0 Å². The lowest BCUT2D eigenvalue weighted by molar-refractivity contribution is 0.661. The quantitative estimate of drug-likeness (QED) is 0.218. The number of nitrogens with zero attached hydrogens (tertiary/aromatic N) is 4. The molecule has 0 saturated heterocycles. The Hall–Kier alpha value is -5.48. The summed E-state index contributed by atoms with van der Waals surface area (Å²) in [5, 5.41) is 2.39. The van der Waals surface area contributed by atoms with Gasteiger partial charge in [0.05, 0.1) is 5.69 Å². The van der Waals surface area contributed by atoms with Crippen LogP contribution in [0.2, 0.25) is 0 Å². The van der Waals surface area contributed by atoms with Crippen LogP contribution in [0.3, 0.4) is 0 Å². The summed E-state index contributed by atoms with van der Waals surface area (Å²) in [6, 6.07) is 46.0. The standard InChI is InChI=1S/C39H28N4/c1-39(2)30-21-12-11-20-29(30)34-31(39)24-27-18-9-10-19-28(27)35(34)32-22-13-23-33(40-32)38-42-36(25-14-5-3-6-15-25)41-37(43-38)26-16-7-4-8-17-26/h3-24H,1-2H3. The monoisotopic (exact) mass is 552 g/mol. The summed E-state index contributed by atoms with van der Waals surface area (Å²) in [7, 11) is 0. The fourth-order valence-corrected chi connectivity index (χ4v) is 6.40. The highest BCUT2D eigenvalue weighted by Crippen LogP contribution is 2.54. The Bertz CT molecular complexity index is 2090. The molecule has 2 heterocycles. The normalized spacial score (nSPS) is 13.1. The third-order valence-corrected chi connectivity index (χ3v) is 8.53. The maximum atomic E-state index is 5.28. The highest BCUT2D eigenvalue weighted by Gasteiger charge is 2.37. The maximum Gasteiger partial charge on any atom is 0.182 e. The van der Waals surface area contributed by atoms with Crippen molar-refractivity contribution in [2.45, 2.75) is 19.3 Å². The van der Waals surface area contributed by atoms with Crippen molar-refractivity contribution >= 4 is 10.8 Å². The van der Waals surface area contributed by atoms with Crippen LogP contribution in [0.5, 0.6) is 0 Å². The van der Waals surface area contributed by atoms with Gasteiger partial charge in [-0.1, -0.05) is 129 Å². The molecule has 0 aliphatic heterocycles. The van der Waals surface area contributed by atoms with Crippen LogP contribution in [0.1, 0.15) is 25.0 Å². The van der Waals surface area contributed by atoms with Gasteiger partial charge in [-0.15, -0.1) is 0 Å². The number of hydrogen-bond acceptors (Lipinski definition) is 4. The first kappa shape index (κ1) is 25.2. The van der Waals surface area contributed by atoms with Crippen LogP contribution in [-0.4, -0.2) is 19.9 Å². The summed E-state index contributed by atoms with van der Waals surface area (Å²) in [5.74, 6) is 1.80. The van der Waals surface area contributed by atoms with Crippen molar-refractivity contribution in [2.75, 3.05) is 0 Å². The minimum absolute atomic E-state index is 0.119. The van der Waals surface area contributed by atoms with Crippen molar-refractivity contribution in [3.8, 4) is 56.7 Å². The molecule has 0 atom stereocenters. The Morgan fingerprint density at radius 2 is 1.02 bits per heavy atom. The van der Waals surface area contributed by atoms with Crippen LogP contribution < -0.4 is 0 Å². The Balaban J connectivity index is 1.37. The van der Waals surface area contributed by atoms with Gasteiger partial charge < -0.3 is 0 Å². The second-order valence-electron chi connectivity index (χ2n) is 11.5. The molecule has 0 radical (unpaired) electrons. The predicted octanol–water partition coefficient (Wildman–Crippen LogP) is 9.39. The summed E-state index contributed by atoms with van der Waals surface area (Å²) in [4.78, 5) is 20.0. The fourth-order valence-electron chi connectivity index (χ4n) is 6.40. The molecule has 0 unspecified atom stereocenters. The molecule has 0 bridgehead atoms. The van der Waals surface area contributed by atoms with Gasteiger partial charge in [0.25, 0.3) is 0 Å². The molecule has 4 nitrogen and oxygen atoms in total. The fraction of sp³-hybridized carbons (Fsp3) is 0.0769. The Labute approximate surface area is 250 Å². The van der Waals surface area contributed by atoms with Crippen molar-refractivity contribution in [2.24, 2.45) is 0 Å². The number of rotatable bonds is 4. The number of pyridine rings is 1. The van der Waals surface area contributed by atoms with Crippen molar-refractivity contribution in [3.63, 3.8) is 0 Å². The number of aromatic nitrogens is 4. The van der Waals surface area contributed by atoms with Gasteiger partial charge >= 0.3 is 0 Å². The molecule has 0 amide bonds. The lowest BCUT2D eigenvalue weighted by Gasteiger charge is -2.22. The first-order valence-electron chi connectivity index (χ1n) is 14.6. The highest BCUT2D eigenvalue weighted by molar-refractivity contribution is 6.07. The van der Waals surface area contributed by atoms with Crippen molar-refractivity contribution in [3.05, 3.63) is 145 Å². The van der Waals surface area contributed by atoms with E-state index in [1.165, 1.54) is 33.0 Å². The Morgan fingerprint density at radius 1 is 0.442 bits per heavy atom. The van der Waals surface area contributed by atoms with E-state index >= 15 is 0 Å². The number of hydrogen-bond donors (Lipinski definition) is 0. The largest absolute Gasteiger partial charge is 0.244 e. The zero-order valence-electron chi connectivity index (χ0n) is 24.0. The molecule has 2 aromatic heterocycles. The molecule has 7 aromatic rings. The van der Waals surface area contributed by atoms with Gasteiger partial charge in [-0.05, 0) is 51.2 Å². The second kappa shape index (κ2) is 9.81. The molecule has 1 aliphatic carbocycles. The SMILES string of the molecule is CC1(C)c2ccccc2-c2c1cc1ccccc1c2-c1cccc(-c2nc(-c3ccccc3)nc(-c3ccccc3)n2)n1. The van der Waals surface area contributed by atoms with Crippen LogP contribution in [0.25, 0.3) is 67.5 Å². The first-order valence-corrected chi connectivity index (χ1v) is 14.6. The number of benzene rings is 5. The molecule has 0 saturated carbocycles. The zero-order valence-corrected chi connectivity index (χ0v) is 24.0. The van der Waals surface area contributed by atoms with E-state index in [-0.39, 0.29) is 5.41 Å². The van der Waals surface area contributed by atoms with Crippen LogP contribution in [0.15, 0.2) is 133 Å². The van der Waals surface area contributed by atoms with E-state index in [0.29, 0.717) is 23.2 Å². The minimum atomic E-state index is -0.119. The third-order valence-electron chi connectivity index (χ3n) is 8.53. The average Bonchev–Trinajstić information content (AvgIpc) is 3.30. The molecule has 5 aromatic carbocycles. The van der Waals surface area contributed by atoms with Gasteiger partial charge in [-0.25, -0.2) is 19.9 Å². The zero-order chi connectivity index (χ0) is 29.0. The molecule has 8 rings (SSSR count). The predicted molar refractivity (Wildman–Crippen MR) is 174 cm³/mol. The molecular weight excluding hydrogens is 524 g/mol. The van der Waals surface area contributed by atoms with Gasteiger partial charge in [0.15, 0.2) is 17.5 Å². The van der Waals surface area contributed by atoms with Crippen molar-refractivity contribution in [1.29, 1.82) is 0 Å². The second-order valence-corrected chi connectivity index (χ2v) is 11.5. The highest BCUT2D eigenvalue weighted by atomic mass is 15.0. The van der Waals surface area contributed by atoms with E-state index in [2.05, 4.69) is 80.6 Å². The minimum Gasteiger partial charge on any atom is -0.244 e. The molecule has 0 spiro atoms. The molecule has 204 valence electrons. The van der Waals surface area contributed by atoms with E-state index in [1.807, 2.05) is 66.7 Å². The first-order chi connectivity index (χ1) is 21.1. The molecule has 0 N–H and O–H groups in total. The van der Waals surface area contributed by atoms with E-state index in [4.69, 9.17) is 19.9 Å². The summed E-state index contributed by atoms with van der Waals surface area (Å²) in [5.41, 5.74) is 9.71. The maximum absolute atomic E-state index is 5.28. The van der Waals surface area contributed by atoms with E-state index in [0.717, 1.165) is 22.4 Å². The van der Waals surface area contributed by atoms with Gasteiger partial charge in [0.2, 0.25) is 0 Å². The Morgan fingerprint density at radius 3 is 1.74 bits per heavy atom. The van der Waals surface area contributed by atoms with Crippen LogP contribution in [-0.2, 0) is 5.41 Å². The van der Waals surface area contributed by atoms with Gasteiger partial charge in [0, 0.05) is 22.1 Å². The molecule has 43 heavy (non-hydrogen) atoms. The molecule has 4 heteroatoms. The van der Waals surface area contributed by atoms with Crippen molar-refractivity contribution < 1.29 is 0 Å². The van der Waals surface area contributed by atoms with E-state index in [9.17, 15) is 0 Å². The summed E-state index contributed by atoms with van der Waals surface area (Å²) in [6.45, 7) is 4.64. The van der Waals surface area contributed by atoms with Gasteiger partial charge in [-0.2, -0.15) is 0 Å². The van der Waals surface area contributed by atoms with Gasteiger partial charge in [-0.3, -0.25) is 0 Å². The van der Waals surface area contributed by atoms with E-state index in [1.54, 1.807) is 0 Å². The average molecular weight is 553 g/mol. The topological polar surface area (TPSA) is 51.6 Å². The number of fused-ring (bicyclic) bond motifs is 4. The third kappa shape index (κ3) is 4.14. The lowest BCUT2D eigenvalue weighted by Crippen LogP contribution is -2.15. The summed E-state index contributed by atoms with van der Waals surface area (Å²) < 4.78 is 0. The van der Waals surface area contributed by atoms with Crippen molar-refractivity contribution in [1.82, 2.24) is 19.9 Å². The molecular formula is C39H28N4. The smallest absolute Gasteiger partial charge is 0.182 e. The van der Waals surface area contributed by atoms with Crippen LogP contribution in [0, 0.1) is 0 Å². The summed E-state index contributed by atoms with van der Waals surface area (Å²) >= 11 is 0.